The number of para-hydroxylation sites is 1. The second-order valence-electron chi connectivity index (χ2n) is 6.60. The first-order valence-corrected chi connectivity index (χ1v) is 11.1. The second-order valence-corrected chi connectivity index (χ2v) is 8.69. The molecular formula is C23H19N3O2S2. The number of thiocarbonyl (C=S) groups is 1. The summed E-state index contributed by atoms with van der Waals surface area (Å²) in [6.07, 6.45) is 0. The van der Waals surface area contributed by atoms with Gasteiger partial charge in [-0.1, -0.05) is 54.6 Å². The first-order chi connectivity index (χ1) is 14.5. The van der Waals surface area contributed by atoms with Gasteiger partial charge in [0.25, 0.3) is 10.0 Å². The molecular weight excluding hydrogens is 414 g/mol. The Hall–Kier alpha value is -3.42. The van der Waals surface area contributed by atoms with Crippen LogP contribution in [0.2, 0.25) is 0 Å². The Kier molecular flexibility index (Phi) is 5.65. The van der Waals surface area contributed by atoms with E-state index in [1.807, 2.05) is 66.7 Å². The van der Waals surface area contributed by atoms with Crippen LogP contribution in [0.1, 0.15) is 0 Å². The summed E-state index contributed by atoms with van der Waals surface area (Å²) < 4.78 is 28.4. The van der Waals surface area contributed by atoms with Crippen molar-refractivity contribution in [2.24, 2.45) is 0 Å². The zero-order valence-electron chi connectivity index (χ0n) is 15.9. The summed E-state index contributed by atoms with van der Waals surface area (Å²) in [5.41, 5.74) is 2.10. The van der Waals surface area contributed by atoms with Crippen molar-refractivity contribution in [3.8, 4) is 0 Å². The fraction of sp³-hybridized carbons (Fsp3) is 0. The van der Waals surface area contributed by atoms with E-state index >= 15 is 0 Å². The van der Waals surface area contributed by atoms with Gasteiger partial charge in [-0.05, 0) is 60.1 Å². The van der Waals surface area contributed by atoms with Crippen LogP contribution in [-0.4, -0.2) is 13.5 Å². The van der Waals surface area contributed by atoms with Gasteiger partial charge < -0.3 is 10.6 Å². The van der Waals surface area contributed by atoms with E-state index < -0.39 is 10.0 Å². The Labute approximate surface area is 180 Å². The molecule has 3 N–H and O–H groups in total. The third-order valence-corrected chi connectivity index (χ3v) is 6.07. The number of anilines is 3. The number of sulfonamides is 1. The second kappa shape index (κ2) is 8.52. The van der Waals surface area contributed by atoms with Gasteiger partial charge >= 0.3 is 0 Å². The number of nitrogens with one attached hydrogen (secondary N) is 3. The highest BCUT2D eigenvalue weighted by Crippen LogP contribution is 2.26. The molecule has 0 saturated heterocycles. The molecule has 0 amide bonds. The number of hydrogen-bond acceptors (Lipinski definition) is 3. The Bertz CT molecular complexity index is 1280. The highest BCUT2D eigenvalue weighted by atomic mass is 32.2. The van der Waals surface area contributed by atoms with Gasteiger partial charge in [-0.15, -0.1) is 0 Å². The van der Waals surface area contributed by atoms with E-state index in [4.69, 9.17) is 12.2 Å². The maximum absolute atomic E-state index is 12.9. The molecule has 0 unspecified atom stereocenters. The lowest BCUT2D eigenvalue weighted by Crippen LogP contribution is -2.19. The summed E-state index contributed by atoms with van der Waals surface area (Å²) in [4.78, 5) is 0.169. The normalized spacial score (nSPS) is 11.1. The van der Waals surface area contributed by atoms with Crippen LogP contribution in [0.4, 0.5) is 17.1 Å². The minimum absolute atomic E-state index is 0.169. The van der Waals surface area contributed by atoms with Gasteiger partial charge in [0, 0.05) is 16.8 Å². The summed E-state index contributed by atoms with van der Waals surface area (Å²) in [7, 11) is -3.72. The summed E-state index contributed by atoms with van der Waals surface area (Å²) in [5, 5.41) is 8.36. The van der Waals surface area contributed by atoms with Gasteiger partial charge in [0.2, 0.25) is 0 Å². The van der Waals surface area contributed by atoms with Gasteiger partial charge in [-0.2, -0.15) is 0 Å². The molecule has 4 aromatic rings. The van der Waals surface area contributed by atoms with Crippen molar-refractivity contribution in [2.45, 2.75) is 4.90 Å². The minimum atomic E-state index is -3.72. The molecule has 0 aliphatic carbocycles. The van der Waals surface area contributed by atoms with Gasteiger partial charge in [-0.3, -0.25) is 4.72 Å². The summed E-state index contributed by atoms with van der Waals surface area (Å²) in [6.45, 7) is 0. The molecule has 0 aliphatic rings. The van der Waals surface area contributed by atoms with Crippen LogP contribution in [0.25, 0.3) is 10.8 Å². The van der Waals surface area contributed by atoms with Crippen LogP contribution in [0.3, 0.4) is 0 Å². The van der Waals surface area contributed by atoms with Crippen LogP contribution in [0, 0.1) is 0 Å². The fourth-order valence-electron chi connectivity index (χ4n) is 3.05. The highest BCUT2D eigenvalue weighted by Gasteiger charge is 2.15. The van der Waals surface area contributed by atoms with E-state index in [-0.39, 0.29) is 4.90 Å². The molecule has 0 aliphatic heterocycles. The first kappa shape index (κ1) is 19.9. The Morgan fingerprint density at radius 3 is 2.00 bits per heavy atom. The molecule has 0 saturated carbocycles. The van der Waals surface area contributed by atoms with E-state index in [0.717, 1.165) is 16.5 Å². The molecule has 5 nitrogen and oxygen atoms in total. The zero-order valence-corrected chi connectivity index (χ0v) is 17.5. The minimum Gasteiger partial charge on any atom is -0.332 e. The number of fused-ring (bicyclic) bond motifs is 1. The predicted molar refractivity (Wildman–Crippen MR) is 127 cm³/mol. The maximum atomic E-state index is 12.9. The van der Waals surface area contributed by atoms with Crippen LogP contribution in [0.15, 0.2) is 102 Å². The van der Waals surface area contributed by atoms with E-state index in [1.54, 1.807) is 30.3 Å². The SMILES string of the molecule is O=S(=O)(Nc1cccc2ccccc12)c1ccc(NC(=S)Nc2ccccc2)cc1. The third-order valence-electron chi connectivity index (χ3n) is 4.49. The first-order valence-electron chi connectivity index (χ1n) is 9.25. The van der Waals surface area contributed by atoms with Crippen molar-refractivity contribution in [1.29, 1.82) is 0 Å². The summed E-state index contributed by atoms with van der Waals surface area (Å²) >= 11 is 5.30. The van der Waals surface area contributed by atoms with Crippen LogP contribution in [-0.2, 0) is 10.0 Å². The van der Waals surface area contributed by atoms with E-state index in [0.29, 0.717) is 16.5 Å². The monoisotopic (exact) mass is 433 g/mol. The van der Waals surface area contributed by atoms with Crippen molar-refractivity contribution in [1.82, 2.24) is 0 Å². The van der Waals surface area contributed by atoms with Gasteiger partial charge in [-0.25, -0.2) is 8.42 Å². The molecule has 0 bridgehead atoms. The standard InChI is InChI=1S/C23H19N3O2S2/c27-30(28,26-22-12-6-8-17-7-4-5-11-21(17)22)20-15-13-19(14-16-20)25-23(29)24-18-9-2-1-3-10-18/h1-16,26H,(H2,24,25,29). The molecule has 150 valence electrons. The highest BCUT2D eigenvalue weighted by molar-refractivity contribution is 7.92. The number of rotatable bonds is 5. The van der Waals surface area contributed by atoms with Crippen molar-refractivity contribution in [3.05, 3.63) is 97.1 Å². The Morgan fingerprint density at radius 2 is 1.27 bits per heavy atom. The molecule has 7 heteroatoms. The van der Waals surface area contributed by atoms with Gasteiger partial charge in [0.05, 0.1) is 10.6 Å². The van der Waals surface area contributed by atoms with Crippen LogP contribution < -0.4 is 15.4 Å². The molecule has 4 aromatic carbocycles. The van der Waals surface area contributed by atoms with Crippen molar-refractivity contribution in [3.63, 3.8) is 0 Å². The van der Waals surface area contributed by atoms with Gasteiger partial charge in [0.1, 0.15) is 0 Å². The van der Waals surface area contributed by atoms with E-state index in [2.05, 4.69) is 15.4 Å². The van der Waals surface area contributed by atoms with Crippen molar-refractivity contribution < 1.29 is 8.42 Å². The molecule has 0 heterocycles. The molecule has 0 spiro atoms. The summed E-state index contributed by atoms with van der Waals surface area (Å²) in [5.74, 6) is 0. The Balaban J connectivity index is 1.48. The molecule has 0 radical (unpaired) electrons. The predicted octanol–water partition coefficient (Wildman–Crippen LogP) is 5.45. The zero-order chi connectivity index (χ0) is 21.0. The lowest BCUT2D eigenvalue weighted by molar-refractivity contribution is 0.601. The van der Waals surface area contributed by atoms with Crippen molar-refractivity contribution >= 4 is 55.2 Å². The molecule has 0 fully saturated rings. The summed E-state index contributed by atoms with van der Waals surface area (Å²) in [6, 6.07) is 29.2. The van der Waals surface area contributed by atoms with Gasteiger partial charge in [0.15, 0.2) is 5.11 Å². The quantitative estimate of drug-likeness (QED) is 0.365. The number of benzene rings is 4. The van der Waals surface area contributed by atoms with Crippen LogP contribution in [0.5, 0.6) is 0 Å². The molecule has 0 atom stereocenters. The molecule has 30 heavy (non-hydrogen) atoms. The third kappa shape index (κ3) is 4.59. The molecule has 0 aromatic heterocycles. The fourth-order valence-corrected chi connectivity index (χ4v) is 4.37. The number of hydrogen-bond donors (Lipinski definition) is 3. The largest absolute Gasteiger partial charge is 0.332 e. The maximum Gasteiger partial charge on any atom is 0.261 e. The van der Waals surface area contributed by atoms with Crippen LogP contribution >= 0.6 is 12.2 Å². The van der Waals surface area contributed by atoms with Crippen molar-refractivity contribution in [2.75, 3.05) is 15.4 Å². The topological polar surface area (TPSA) is 70.2 Å². The Morgan fingerprint density at radius 1 is 0.667 bits per heavy atom. The lowest BCUT2D eigenvalue weighted by atomic mass is 10.1. The van der Waals surface area contributed by atoms with E-state index in [1.165, 1.54) is 0 Å². The lowest BCUT2D eigenvalue weighted by Gasteiger charge is -2.13. The average molecular weight is 434 g/mol. The molecule has 4 rings (SSSR count). The van der Waals surface area contributed by atoms with E-state index in [9.17, 15) is 8.42 Å². The average Bonchev–Trinajstić information content (AvgIpc) is 2.75. The smallest absolute Gasteiger partial charge is 0.261 e.